The Morgan fingerprint density at radius 3 is 3.18 bits per heavy atom. The maximum atomic E-state index is 12.8. The third-order valence-electron chi connectivity index (χ3n) is 1.48. The van der Waals surface area contributed by atoms with E-state index in [4.69, 9.17) is 0 Å². The van der Waals surface area contributed by atoms with Crippen LogP contribution in [0.5, 0.6) is 0 Å². The molecule has 2 heterocycles. The summed E-state index contributed by atoms with van der Waals surface area (Å²) in [5.41, 5.74) is 0.732. The summed E-state index contributed by atoms with van der Waals surface area (Å²) in [6.07, 6.45) is 2.97. The van der Waals surface area contributed by atoms with Crippen molar-refractivity contribution in [3.63, 3.8) is 0 Å². The predicted octanol–water partition coefficient (Wildman–Crippen LogP) is 2.31. The molecule has 0 amide bonds. The molecule has 0 fully saturated rings. The fourth-order valence-corrected chi connectivity index (χ4v) is 1.53. The van der Waals surface area contributed by atoms with Gasteiger partial charge in [0.05, 0.1) is 9.77 Å². The van der Waals surface area contributed by atoms with Crippen LogP contribution in [0.1, 0.15) is 0 Å². The predicted molar refractivity (Wildman–Crippen MR) is 48.8 cm³/mol. The molecule has 0 spiro atoms. The number of pyridine rings is 1. The van der Waals surface area contributed by atoms with Crippen molar-refractivity contribution in [1.82, 2.24) is 9.97 Å². The Kier molecular flexibility index (Phi) is 1.56. The Labute approximate surface area is 76.0 Å². The Morgan fingerprint density at radius 2 is 2.36 bits per heavy atom. The quantitative estimate of drug-likeness (QED) is 0.725. The maximum absolute atomic E-state index is 12.8. The zero-order valence-corrected chi connectivity index (χ0v) is 7.59. The van der Waals surface area contributed by atoms with Crippen LogP contribution >= 0.6 is 22.6 Å². The van der Waals surface area contributed by atoms with Crippen LogP contribution in [0.4, 0.5) is 4.39 Å². The number of hydrogen-bond donors (Lipinski definition) is 1. The van der Waals surface area contributed by atoms with E-state index in [2.05, 4.69) is 9.97 Å². The van der Waals surface area contributed by atoms with Crippen molar-refractivity contribution in [2.45, 2.75) is 0 Å². The number of rotatable bonds is 0. The van der Waals surface area contributed by atoms with Crippen LogP contribution in [0.25, 0.3) is 11.0 Å². The number of aromatic nitrogens is 2. The zero-order chi connectivity index (χ0) is 7.84. The Morgan fingerprint density at radius 1 is 1.55 bits per heavy atom. The maximum Gasteiger partial charge on any atom is 0.155 e. The average molecular weight is 262 g/mol. The molecule has 0 bridgehead atoms. The lowest BCUT2D eigenvalue weighted by molar-refractivity contribution is 0.617. The molecule has 0 aliphatic carbocycles. The minimum atomic E-state index is -0.266. The molecular weight excluding hydrogens is 258 g/mol. The van der Waals surface area contributed by atoms with E-state index in [1.54, 1.807) is 6.20 Å². The first-order valence-electron chi connectivity index (χ1n) is 3.06. The number of halogens is 2. The fourth-order valence-electron chi connectivity index (χ4n) is 0.951. The lowest BCUT2D eigenvalue weighted by Crippen LogP contribution is -1.85. The number of nitrogens with one attached hydrogen (secondary N) is 1. The SMILES string of the molecule is Fc1cnc2[nH]ccc2c1I. The van der Waals surface area contributed by atoms with Gasteiger partial charge in [0, 0.05) is 11.6 Å². The second-order valence-corrected chi connectivity index (χ2v) is 3.24. The van der Waals surface area contributed by atoms with Gasteiger partial charge >= 0.3 is 0 Å². The first kappa shape index (κ1) is 7.02. The molecule has 0 radical (unpaired) electrons. The van der Waals surface area contributed by atoms with Gasteiger partial charge in [-0.05, 0) is 28.7 Å². The molecular formula is C7H4FIN2. The third-order valence-corrected chi connectivity index (χ3v) is 2.57. The summed E-state index contributed by atoms with van der Waals surface area (Å²) in [5.74, 6) is -0.266. The number of nitrogens with zero attached hydrogens (tertiary/aromatic N) is 1. The highest BCUT2D eigenvalue weighted by atomic mass is 127. The molecule has 0 saturated heterocycles. The highest BCUT2D eigenvalue weighted by Gasteiger charge is 2.04. The van der Waals surface area contributed by atoms with Gasteiger partial charge in [0.2, 0.25) is 0 Å². The van der Waals surface area contributed by atoms with Gasteiger partial charge in [-0.25, -0.2) is 9.37 Å². The van der Waals surface area contributed by atoms with Gasteiger partial charge in [0.1, 0.15) is 5.65 Å². The molecule has 0 atom stereocenters. The molecule has 4 heteroatoms. The number of aromatic amines is 1. The normalized spacial score (nSPS) is 10.7. The van der Waals surface area contributed by atoms with E-state index in [-0.39, 0.29) is 5.82 Å². The zero-order valence-electron chi connectivity index (χ0n) is 5.44. The van der Waals surface area contributed by atoms with Crippen molar-refractivity contribution in [2.75, 3.05) is 0 Å². The van der Waals surface area contributed by atoms with Crippen LogP contribution < -0.4 is 0 Å². The van der Waals surface area contributed by atoms with E-state index >= 15 is 0 Å². The first-order valence-corrected chi connectivity index (χ1v) is 4.14. The van der Waals surface area contributed by atoms with Gasteiger partial charge in [0.25, 0.3) is 0 Å². The molecule has 2 aromatic heterocycles. The standard InChI is InChI=1S/C7H4FIN2/c8-5-3-11-7-4(6(5)9)1-2-10-7/h1-3H,(H,10,11). The topological polar surface area (TPSA) is 28.7 Å². The van der Waals surface area contributed by atoms with Crippen LogP contribution in [0.15, 0.2) is 18.5 Å². The van der Waals surface area contributed by atoms with Crippen molar-refractivity contribution in [3.05, 3.63) is 27.8 Å². The average Bonchev–Trinajstić information content (AvgIpc) is 2.45. The second-order valence-electron chi connectivity index (χ2n) is 2.16. The molecule has 2 rings (SSSR count). The smallest absolute Gasteiger partial charge is 0.155 e. The van der Waals surface area contributed by atoms with Gasteiger partial charge in [0.15, 0.2) is 5.82 Å². The van der Waals surface area contributed by atoms with Crippen LogP contribution in [0.3, 0.4) is 0 Å². The monoisotopic (exact) mass is 262 g/mol. The molecule has 0 saturated carbocycles. The molecule has 11 heavy (non-hydrogen) atoms. The summed E-state index contributed by atoms with van der Waals surface area (Å²) in [4.78, 5) is 6.77. The first-order chi connectivity index (χ1) is 5.29. The lowest BCUT2D eigenvalue weighted by atomic mass is 10.3. The molecule has 1 N–H and O–H groups in total. The summed E-state index contributed by atoms with van der Waals surface area (Å²) < 4.78 is 13.5. The van der Waals surface area contributed by atoms with Gasteiger partial charge in [-0.2, -0.15) is 0 Å². The van der Waals surface area contributed by atoms with Crippen LogP contribution in [-0.4, -0.2) is 9.97 Å². The molecule has 2 nitrogen and oxygen atoms in total. The Hall–Kier alpha value is -0.650. The van der Waals surface area contributed by atoms with Crippen LogP contribution in [0, 0.1) is 9.39 Å². The fraction of sp³-hybridized carbons (Fsp3) is 0. The Balaban J connectivity index is 2.93. The number of hydrogen-bond acceptors (Lipinski definition) is 1. The molecule has 56 valence electrons. The minimum absolute atomic E-state index is 0.266. The van der Waals surface area contributed by atoms with E-state index < -0.39 is 0 Å². The van der Waals surface area contributed by atoms with Crippen molar-refractivity contribution in [2.24, 2.45) is 0 Å². The summed E-state index contributed by atoms with van der Waals surface area (Å²) in [6.45, 7) is 0. The second kappa shape index (κ2) is 2.44. The summed E-state index contributed by atoms with van der Waals surface area (Å²) in [5, 5.41) is 0.839. The molecule has 0 unspecified atom stereocenters. The summed E-state index contributed by atoms with van der Waals surface area (Å²) in [6, 6.07) is 1.81. The molecule has 0 aliphatic heterocycles. The number of H-pyrrole nitrogens is 1. The summed E-state index contributed by atoms with van der Waals surface area (Å²) >= 11 is 1.96. The largest absolute Gasteiger partial charge is 0.346 e. The highest BCUT2D eigenvalue weighted by Crippen LogP contribution is 2.19. The van der Waals surface area contributed by atoms with Crippen molar-refractivity contribution < 1.29 is 4.39 Å². The number of fused-ring (bicyclic) bond motifs is 1. The van der Waals surface area contributed by atoms with Crippen molar-refractivity contribution in [1.29, 1.82) is 0 Å². The van der Waals surface area contributed by atoms with E-state index in [0.717, 1.165) is 11.0 Å². The van der Waals surface area contributed by atoms with Crippen LogP contribution in [-0.2, 0) is 0 Å². The van der Waals surface area contributed by atoms with Crippen LogP contribution in [0.2, 0.25) is 0 Å². The highest BCUT2D eigenvalue weighted by molar-refractivity contribution is 14.1. The van der Waals surface area contributed by atoms with Crippen molar-refractivity contribution >= 4 is 33.6 Å². The molecule has 0 aromatic carbocycles. The van der Waals surface area contributed by atoms with E-state index in [0.29, 0.717) is 3.57 Å². The minimum Gasteiger partial charge on any atom is -0.346 e. The van der Waals surface area contributed by atoms with Gasteiger partial charge in [-0.15, -0.1) is 0 Å². The lowest BCUT2D eigenvalue weighted by Gasteiger charge is -1.93. The van der Waals surface area contributed by atoms with Gasteiger partial charge in [-0.1, -0.05) is 0 Å². The van der Waals surface area contributed by atoms with E-state index in [1.165, 1.54) is 6.20 Å². The third kappa shape index (κ3) is 1.01. The Bertz CT molecular complexity index is 396. The van der Waals surface area contributed by atoms with Gasteiger partial charge in [-0.3, -0.25) is 0 Å². The van der Waals surface area contributed by atoms with E-state index in [1.807, 2.05) is 28.7 Å². The van der Waals surface area contributed by atoms with E-state index in [9.17, 15) is 4.39 Å². The van der Waals surface area contributed by atoms with Gasteiger partial charge < -0.3 is 4.98 Å². The summed E-state index contributed by atoms with van der Waals surface area (Å²) in [7, 11) is 0. The molecule has 0 aliphatic rings. The van der Waals surface area contributed by atoms with Crippen molar-refractivity contribution in [3.8, 4) is 0 Å². The molecule has 2 aromatic rings.